The molecule has 2 aromatic rings. The number of rotatable bonds is 0. The van der Waals surface area contributed by atoms with Crippen LogP contribution in [0.1, 0.15) is 11.1 Å². The summed E-state index contributed by atoms with van der Waals surface area (Å²) in [5.41, 5.74) is 2.80. The van der Waals surface area contributed by atoms with Gasteiger partial charge in [0.15, 0.2) is 0 Å². The molecule has 0 N–H and O–H groups in total. The van der Waals surface area contributed by atoms with E-state index >= 15 is 0 Å². The lowest BCUT2D eigenvalue weighted by Gasteiger charge is -2.02. The van der Waals surface area contributed by atoms with Crippen molar-refractivity contribution in [3.63, 3.8) is 0 Å². The smallest absolute Gasteiger partial charge is 0.0348 e. The minimum atomic E-state index is 1.05. The highest BCUT2D eigenvalue weighted by atomic mass is 32.1. The van der Waals surface area contributed by atoms with Crippen LogP contribution in [-0.2, 0) is 6.42 Å². The minimum Gasteiger partial charge on any atom is -0.144 e. The standard InChI is InChI=1S/C13H10S/c1-2-4-10-8-12-6-7-14-13(12)9-11(10)5-3-1/h1-3,5-9H,4H2. The van der Waals surface area contributed by atoms with Gasteiger partial charge in [-0.15, -0.1) is 11.3 Å². The Balaban J connectivity index is 2.31. The summed E-state index contributed by atoms with van der Waals surface area (Å²) in [6.45, 7) is 0. The third kappa shape index (κ3) is 1.21. The molecule has 0 radical (unpaired) electrons. The molecule has 0 bridgehead atoms. The van der Waals surface area contributed by atoms with Crippen LogP contribution in [0.3, 0.4) is 0 Å². The molecule has 0 fully saturated rings. The fourth-order valence-corrected chi connectivity index (χ4v) is 2.66. The van der Waals surface area contributed by atoms with Gasteiger partial charge in [0, 0.05) is 4.70 Å². The zero-order valence-electron chi connectivity index (χ0n) is 7.73. The van der Waals surface area contributed by atoms with E-state index in [9.17, 15) is 0 Å². The minimum absolute atomic E-state index is 1.05. The second-order valence-electron chi connectivity index (χ2n) is 3.50. The first kappa shape index (κ1) is 8.01. The van der Waals surface area contributed by atoms with Gasteiger partial charge in [-0.25, -0.2) is 0 Å². The van der Waals surface area contributed by atoms with Gasteiger partial charge in [-0.3, -0.25) is 0 Å². The molecule has 1 aromatic heterocycles. The van der Waals surface area contributed by atoms with Crippen molar-refractivity contribution in [2.75, 3.05) is 0 Å². The van der Waals surface area contributed by atoms with Crippen molar-refractivity contribution in [2.24, 2.45) is 0 Å². The fraction of sp³-hybridized carbons (Fsp3) is 0.0769. The molecule has 1 aromatic carbocycles. The predicted molar refractivity (Wildman–Crippen MR) is 63.7 cm³/mol. The van der Waals surface area contributed by atoms with Gasteiger partial charge in [-0.05, 0) is 46.5 Å². The quantitative estimate of drug-likeness (QED) is 0.599. The number of hydrogen-bond donors (Lipinski definition) is 0. The van der Waals surface area contributed by atoms with E-state index in [4.69, 9.17) is 0 Å². The van der Waals surface area contributed by atoms with E-state index in [1.54, 1.807) is 0 Å². The van der Waals surface area contributed by atoms with Gasteiger partial charge in [0.1, 0.15) is 0 Å². The lowest BCUT2D eigenvalue weighted by molar-refractivity contribution is 1.28. The first-order valence-corrected chi connectivity index (χ1v) is 5.65. The Morgan fingerprint density at radius 1 is 1.14 bits per heavy atom. The van der Waals surface area contributed by atoms with Gasteiger partial charge < -0.3 is 0 Å². The maximum atomic E-state index is 2.31. The van der Waals surface area contributed by atoms with Gasteiger partial charge in [-0.1, -0.05) is 24.3 Å². The first-order chi connectivity index (χ1) is 6.93. The van der Waals surface area contributed by atoms with Crippen LogP contribution in [0, 0.1) is 0 Å². The van der Waals surface area contributed by atoms with E-state index in [2.05, 4.69) is 47.9 Å². The fourth-order valence-electron chi connectivity index (χ4n) is 1.84. The van der Waals surface area contributed by atoms with E-state index in [1.807, 2.05) is 11.3 Å². The normalized spacial score (nSPS) is 14.3. The van der Waals surface area contributed by atoms with Crippen LogP contribution in [0.25, 0.3) is 16.2 Å². The third-order valence-electron chi connectivity index (χ3n) is 2.57. The maximum Gasteiger partial charge on any atom is 0.0348 e. The van der Waals surface area contributed by atoms with Gasteiger partial charge in [0.25, 0.3) is 0 Å². The van der Waals surface area contributed by atoms with Crippen LogP contribution in [0.2, 0.25) is 0 Å². The molecule has 0 unspecified atom stereocenters. The summed E-state index contributed by atoms with van der Waals surface area (Å²) < 4.78 is 1.38. The second-order valence-corrected chi connectivity index (χ2v) is 4.45. The highest BCUT2D eigenvalue weighted by Gasteiger charge is 2.03. The Morgan fingerprint density at radius 3 is 3.14 bits per heavy atom. The van der Waals surface area contributed by atoms with Crippen molar-refractivity contribution in [2.45, 2.75) is 6.42 Å². The van der Waals surface area contributed by atoms with E-state index in [0.29, 0.717) is 0 Å². The van der Waals surface area contributed by atoms with Crippen molar-refractivity contribution < 1.29 is 0 Å². The number of allylic oxidation sites excluding steroid dienone is 3. The summed E-state index contributed by atoms with van der Waals surface area (Å²) in [6, 6.07) is 6.79. The average Bonchev–Trinajstić information content (AvgIpc) is 2.51. The van der Waals surface area contributed by atoms with Crippen molar-refractivity contribution in [1.82, 2.24) is 0 Å². The molecule has 14 heavy (non-hydrogen) atoms. The SMILES string of the molecule is C1=CCc2cc3ccsc3cc2C=C1. The summed E-state index contributed by atoms with van der Waals surface area (Å²) in [4.78, 5) is 0. The molecule has 0 saturated heterocycles. The van der Waals surface area contributed by atoms with Gasteiger partial charge in [0.05, 0.1) is 0 Å². The van der Waals surface area contributed by atoms with Crippen molar-refractivity contribution >= 4 is 27.5 Å². The predicted octanol–water partition coefficient (Wildman–Crippen LogP) is 4.03. The molecule has 1 heteroatoms. The summed E-state index contributed by atoms with van der Waals surface area (Å²) >= 11 is 1.81. The highest BCUT2D eigenvalue weighted by Crippen LogP contribution is 2.27. The first-order valence-electron chi connectivity index (χ1n) is 4.77. The largest absolute Gasteiger partial charge is 0.144 e. The summed E-state index contributed by atoms with van der Waals surface area (Å²) in [7, 11) is 0. The van der Waals surface area contributed by atoms with Gasteiger partial charge >= 0.3 is 0 Å². The van der Waals surface area contributed by atoms with E-state index in [1.165, 1.54) is 21.2 Å². The molecule has 0 saturated carbocycles. The maximum absolute atomic E-state index is 2.31. The number of benzene rings is 1. The van der Waals surface area contributed by atoms with E-state index in [0.717, 1.165) is 6.42 Å². The molecule has 0 aliphatic heterocycles. The molecular formula is C13H10S. The Hall–Kier alpha value is -1.34. The zero-order chi connectivity index (χ0) is 9.38. The van der Waals surface area contributed by atoms with Gasteiger partial charge in [0.2, 0.25) is 0 Å². The highest BCUT2D eigenvalue weighted by molar-refractivity contribution is 7.17. The monoisotopic (exact) mass is 198 g/mol. The summed E-state index contributed by atoms with van der Waals surface area (Å²) in [5.74, 6) is 0. The Labute approximate surface area is 87.2 Å². The molecule has 0 atom stereocenters. The number of hydrogen-bond acceptors (Lipinski definition) is 1. The Morgan fingerprint density at radius 2 is 2.14 bits per heavy atom. The lowest BCUT2D eigenvalue weighted by Crippen LogP contribution is -1.84. The summed E-state index contributed by atoms with van der Waals surface area (Å²) in [6.07, 6.45) is 9.69. The van der Waals surface area contributed by atoms with Crippen molar-refractivity contribution in [3.05, 3.63) is 52.9 Å². The number of thiophene rings is 1. The van der Waals surface area contributed by atoms with Crippen LogP contribution in [0.4, 0.5) is 0 Å². The second kappa shape index (κ2) is 3.10. The average molecular weight is 198 g/mol. The molecule has 3 rings (SSSR count). The molecule has 0 amide bonds. The molecule has 0 nitrogen and oxygen atoms in total. The molecule has 0 spiro atoms. The Kier molecular flexibility index (Phi) is 1.78. The van der Waals surface area contributed by atoms with Crippen LogP contribution in [0.5, 0.6) is 0 Å². The molecule has 68 valence electrons. The topological polar surface area (TPSA) is 0 Å². The summed E-state index contributed by atoms with van der Waals surface area (Å²) in [5, 5.41) is 3.53. The van der Waals surface area contributed by atoms with Crippen LogP contribution >= 0.6 is 11.3 Å². The van der Waals surface area contributed by atoms with Crippen LogP contribution in [0.15, 0.2) is 41.8 Å². The van der Waals surface area contributed by atoms with Gasteiger partial charge in [-0.2, -0.15) is 0 Å². The zero-order valence-corrected chi connectivity index (χ0v) is 8.55. The Bertz CT molecular complexity index is 529. The van der Waals surface area contributed by atoms with Crippen molar-refractivity contribution in [3.8, 4) is 0 Å². The number of fused-ring (bicyclic) bond motifs is 2. The molecule has 1 heterocycles. The van der Waals surface area contributed by atoms with Crippen molar-refractivity contribution in [1.29, 1.82) is 0 Å². The molecular weight excluding hydrogens is 188 g/mol. The van der Waals surface area contributed by atoms with E-state index in [-0.39, 0.29) is 0 Å². The molecule has 1 aliphatic rings. The van der Waals surface area contributed by atoms with Crippen LogP contribution < -0.4 is 0 Å². The van der Waals surface area contributed by atoms with Crippen LogP contribution in [-0.4, -0.2) is 0 Å². The lowest BCUT2D eigenvalue weighted by atomic mass is 10.0. The molecule has 1 aliphatic carbocycles. The third-order valence-corrected chi connectivity index (χ3v) is 3.45. The van der Waals surface area contributed by atoms with E-state index < -0.39 is 0 Å².